The Balaban J connectivity index is 2.57. The van der Waals surface area contributed by atoms with Crippen LogP contribution in [0.3, 0.4) is 0 Å². The first-order chi connectivity index (χ1) is 13.5. The number of nitrogens with zero attached hydrogens (tertiary/aromatic N) is 1. The van der Waals surface area contributed by atoms with Gasteiger partial charge in [-0.2, -0.15) is 0 Å². The van der Waals surface area contributed by atoms with Crippen LogP contribution in [0.1, 0.15) is 30.1 Å². The molecule has 0 N–H and O–H groups in total. The number of hydrogen-bond donors (Lipinski definition) is 0. The Bertz CT molecular complexity index is 837. The topological polar surface area (TPSA) is 82.1 Å². The van der Waals surface area contributed by atoms with Crippen LogP contribution in [0, 0.1) is 0 Å². The van der Waals surface area contributed by atoms with Crippen LogP contribution in [-0.4, -0.2) is 38.7 Å². The van der Waals surface area contributed by atoms with E-state index < -0.39 is 17.9 Å². The van der Waals surface area contributed by atoms with E-state index >= 15 is 0 Å². The van der Waals surface area contributed by atoms with Gasteiger partial charge in [-0.1, -0.05) is 31.6 Å². The van der Waals surface area contributed by atoms with Crippen molar-refractivity contribution in [2.45, 2.75) is 19.8 Å². The summed E-state index contributed by atoms with van der Waals surface area (Å²) in [5.74, 6) is -1.96. The minimum atomic E-state index is -0.745. The molecule has 0 bridgehead atoms. The Hall–Kier alpha value is -3.35. The van der Waals surface area contributed by atoms with Gasteiger partial charge in [0.15, 0.2) is 0 Å². The number of allylic oxidation sites excluding steroid dienone is 2. The van der Waals surface area contributed by atoms with Crippen LogP contribution in [0.15, 0.2) is 60.0 Å². The predicted octanol–water partition coefficient (Wildman–Crippen LogP) is 3.13. The Morgan fingerprint density at radius 2 is 1.68 bits per heavy atom. The molecule has 148 valence electrons. The molecular weight excluding hydrogens is 362 g/mol. The van der Waals surface area contributed by atoms with Crippen molar-refractivity contribution in [3.63, 3.8) is 0 Å². The molecule has 28 heavy (non-hydrogen) atoms. The smallest absolute Gasteiger partial charge is 0.355 e. The number of benzene rings is 1. The van der Waals surface area contributed by atoms with Crippen LogP contribution >= 0.6 is 0 Å². The molecule has 0 saturated heterocycles. The Labute approximate surface area is 163 Å². The molecule has 0 unspecified atom stereocenters. The minimum absolute atomic E-state index is 0.00787. The van der Waals surface area contributed by atoms with E-state index in [2.05, 4.69) is 0 Å². The number of unbranched alkanes of at least 4 members (excludes halogenated alkanes) is 1. The quantitative estimate of drug-likeness (QED) is 0.405. The van der Waals surface area contributed by atoms with Crippen LogP contribution in [0.25, 0.3) is 0 Å². The summed E-state index contributed by atoms with van der Waals surface area (Å²) in [5.41, 5.74) is 0.586. The highest BCUT2D eigenvalue weighted by atomic mass is 16.5. The molecule has 1 aliphatic rings. The van der Waals surface area contributed by atoms with E-state index in [1.807, 2.05) is 6.92 Å². The number of para-hydroxylation sites is 1. The zero-order valence-electron chi connectivity index (χ0n) is 16.1. The van der Waals surface area contributed by atoms with Gasteiger partial charge in [0, 0.05) is 6.20 Å². The summed E-state index contributed by atoms with van der Waals surface area (Å²) in [6.07, 6.45) is 7.90. The van der Waals surface area contributed by atoms with Gasteiger partial charge in [0.1, 0.15) is 5.70 Å². The third-order valence-corrected chi connectivity index (χ3v) is 4.00. The van der Waals surface area contributed by atoms with Gasteiger partial charge in [-0.15, -0.1) is 0 Å². The monoisotopic (exact) mass is 385 g/mol. The van der Waals surface area contributed by atoms with E-state index in [-0.39, 0.29) is 16.8 Å². The maximum Gasteiger partial charge on any atom is 0.355 e. The van der Waals surface area contributed by atoms with E-state index in [9.17, 15) is 14.4 Å². The van der Waals surface area contributed by atoms with Crippen molar-refractivity contribution in [2.24, 2.45) is 0 Å². The molecule has 2 rings (SSSR count). The van der Waals surface area contributed by atoms with Gasteiger partial charge in [0.25, 0.3) is 0 Å². The Morgan fingerprint density at radius 1 is 0.964 bits per heavy atom. The van der Waals surface area contributed by atoms with Crippen molar-refractivity contribution in [3.05, 3.63) is 65.5 Å². The Kier molecular flexibility index (Phi) is 7.56. The average Bonchev–Trinajstić information content (AvgIpc) is 2.95. The van der Waals surface area contributed by atoms with Gasteiger partial charge in [0.05, 0.1) is 37.7 Å². The number of anilines is 1. The van der Waals surface area contributed by atoms with Crippen LogP contribution in [0.4, 0.5) is 5.69 Å². The normalized spacial score (nSPS) is 13.2. The standard InChI is InChI=1S/C21H23NO6/c1-4-5-14-28-20(24)15-10-6-7-12-17(15)22-13-9-8-11-16(19(23)26-2)18(22)21(25)27-3/h6-13H,4-5,14H2,1-3H3. The van der Waals surface area contributed by atoms with Gasteiger partial charge in [0.2, 0.25) is 0 Å². The second-order valence-corrected chi connectivity index (χ2v) is 5.82. The molecule has 1 aromatic carbocycles. The maximum atomic E-state index is 12.6. The number of methoxy groups -OCH3 is 2. The number of carbonyl (C=O) groups is 3. The average molecular weight is 385 g/mol. The van der Waals surface area contributed by atoms with Gasteiger partial charge >= 0.3 is 17.9 Å². The second kappa shape index (κ2) is 10.1. The van der Waals surface area contributed by atoms with Crippen LogP contribution in [0.2, 0.25) is 0 Å². The van der Waals surface area contributed by atoms with Crippen LogP contribution in [0.5, 0.6) is 0 Å². The molecule has 1 aliphatic heterocycles. The fraction of sp³-hybridized carbons (Fsp3) is 0.286. The van der Waals surface area contributed by atoms with Crippen molar-refractivity contribution < 1.29 is 28.6 Å². The number of carbonyl (C=O) groups excluding carboxylic acids is 3. The van der Waals surface area contributed by atoms with E-state index in [4.69, 9.17) is 14.2 Å². The molecule has 1 aromatic rings. The zero-order chi connectivity index (χ0) is 20.5. The molecular formula is C21H23NO6. The molecule has 7 heteroatoms. The summed E-state index contributed by atoms with van der Waals surface area (Å²) >= 11 is 0. The fourth-order valence-corrected chi connectivity index (χ4v) is 2.59. The van der Waals surface area contributed by atoms with Crippen molar-refractivity contribution in [2.75, 3.05) is 25.7 Å². The lowest BCUT2D eigenvalue weighted by molar-refractivity contribution is -0.139. The number of rotatable bonds is 7. The summed E-state index contributed by atoms with van der Waals surface area (Å²) in [6, 6.07) is 6.67. The summed E-state index contributed by atoms with van der Waals surface area (Å²) in [4.78, 5) is 38.7. The summed E-state index contributed by atoms with van der Waals surface area (Å²) in [7, 11) is 2.44. The molecule has 0 saturated carbocycles. The summed E-state index contributed by atoms with van der Waals surface area (Å²) in [5, 5.41) is 0. The van der Waals surface area contributed by atoms with Crippen LogP contribution in [-0.2, 0) is 23.8 Å². The lowest BCUT2D eigenvalue weighted by Crippen LogP contribution is -2.28. The second-order valence-electron chi connectivity index (χ2n) is 5.82. The predicted molar refractivity (Wildman–Crippen MR) is 103 cm³/mol. The first-order valence-electron chi connectivity index (χ1n) is 8.86. The number of ether oxygens (including phenoxy) is 3. The zero-order valence-corrected chi connectivity index (χ0v) is 16.1. The van der Waals surface area contributed by atoms with Crippen molar-refractivity contribution >= 4 is 23.6 Å². The van der Waals surface area contributed by atoms with Gasteiger partial charge in [-0.05, 0) is 30.7 Å². The number of esters is 3. The lowest BCUT2D eigenvalue weighted by atomic mass is 10.1. The molecule has 0 fully saturated rings. The summed E-state index contributed by atoms with van der Waals surface area (Å²) in [6.45, 7) is 2.30. The van der Waals surface area contributed by atoms with Gasteiger partial charge in [-0.3, -0.25) is 0 Å². The van der Waals surface area contributed by atoms with Crippen molar-refractivity contribution in [3.8, 4) is 0 Å². The van der Waals surface area contributed by atoms with Crippen molar-refractivity contribution in [1.29, 1.82) is 0 Å². The maximum absolute atomic E-state index is 12.6. The van der Waals surface area contributed by atoms with Gasteiger partial charge in [-0.25, -0.2) is 14.4 Å². The SMILES string of the molecule is CCCCOC(=O)c1ccccc1N1C=CC=CC(C(=O)OC)=C1C(=O)OC. The lowest BCUT2D eigenvalue weighted by Gasteiger charge is -2.24. The van der Waals surface area contributed by atoms with Gasteiger partial charge < -0.3 is 19.1 Å². The van der Waals surface area contributed by atoms with E-state index in [1.165, 1.54) is 25.2 Å². The highest BCUT2D eigenvalue weighted by Gasteiger charge is 2.29. The summed E-state index contributed by atoms with van der Waals surface area (Å²) < 4.78 is 15.0. The molecule has 0 amide bonds. The third-order valence-electron chi connectivity index (χ3n) is 4.00. The fourth-order valence-electron chi connectivity index (χ4n) is 2.59. The molecule has 1 heterocycles. The largest absolute Gasteiger partial charge is 0.465 e. The molecule has 0 aliphatic carbocycles. The van der Waals surface area contributed by atoms with E-state index in [0.29, 0.717) is 12.3 Å². The minimum Gasteiger partial charge on any atom is -0.465 e. The van der Waals surface area contributed by atoms with Crippen LogP contribution < -0.4 is 4.90 Å². The number of hydrogen-bond acceptors (Lipinski definition) is 7. The first-order valence-corrected chi connectivity index (χ1v) is 8.86. The molecule has 0 aromatic heterocycles. The highest BCUT2D eigenvalue weighted by molar-refractivity contribution is 6.07. The van der Waals surface area contributed by atoms with Crippen molar-refractivity contribution in [1.82, 2.24) is 0 Å². The van der Waals surface area contributed by atoms with E-state index in [0.717, 1.165) is 12.8 Å². The molecule has 7 nitrogen and oxygen atoms in total. The molecule has 0 radical (unpaired) electrons. The molecule has 0 spiro atoms. The molecule has 0 atom stereocenters. The third kappa shape index (κ3) is 4.68. The first kappa shape index (κ1) is 21.0. The van der Waals surface area contributed by atoms with E-state index in [1.54, 1.807) is 42.6 Å². The highest BCUT2D eigenvalue weighted by Crippen LogP contribution is 2.29. The Morgan fingerprint density at radius 3 is 2.36 bits per heavy atom.